The second-order valence-corrected chi connectivity index (χ2v) is 9.23. The van der Waals surface area contributed by atoms with Crippen molar-refractivity contribution < 1.29 is 4.79 Å². The van der Waals surface area contributed by atoms with Crippen molar-refractivity contribution in [2.24, 2.45) is 16.0 Å². The molecule has 154 valence electrons. The van der Waals surface area contributed by atoms with Crippen LogP contribution in [-0.2, 0) is 4.79 Å². The third-order valence-corrected chi connectivity index (χ3v) is 6.12. The van der Waals surface area contributed by atoms with Gasteiger partial charge in [-0.25, -0.2) is 0 Å². The van der Waals surface area contributed by atoms with Crippen LogP contribution in [0.2, 0.25) is 5.02 Å². The highest BCUT2D eigenvalue weighted by atomic mass is 35.5. The number of carbonyl (C=O) groups excluding carboxylic acids is 1. The number of amidine groups is 2. The maximum atomic E-state index is 12.7. The van der Waals surface area contributed by atoms with Crippen molar-refractivity contribution in [2.45, 2.75) is 34.1 Å². The molecule has 0 saturated carbocycles. The fraction of sp³-hybridized carbons (Fsp3) is 0.273. The lowest BCUT2D eigenvalue weighted by Crippen LogP contribution is -2.35. The number of nitrogens with zero attached hydrogens (tertiary/aromatic N) is 4. The quantitative estimate of drug-likeness (QED) is 0.647. The van der Waals surface area contributed by atoms with Crippen molar-refractivity contribution in [1.29, 1.82) is 5.41 Å². The van der Waals surface area contributed by atoms with Crippen molar-refractivity contribution in [3.05, 3.63) is 57.9 Å². The number of aryl methyl sites for hydroxylation is 1. The number of fused-ring (bicyclic) bond motifs is 1. The maximum absolute atomic E-state index is 12.7. The number of amides is 1. The average Bonchev–Trinajstić information content (AvgIpc) is 3.19. The lowest BCUT2D eigenvalue weighted by molar-refractivity contribution is -0.114. The van der Waals surface area contributed by atoms with Gasteiger partial charge in [0.15, 0.2) is 5.84 Å². The topological polar surface area (TPSA) is 73.8 Å². The molecule has 0 atom stereocenters. The number of benzene rings is 1. The molecule has 4 rings (SSSR count). The second-order valence-electron chi connectivity index (χ2n) is 7.75. The molecule has 0 saturated heterocycles. The van der Waals surface area contributed by atoms with Crippen LogP contribution in [0, 0.1) is 25.2 Å². The number of hydrazone groups is 1. The molecule has 0 fully saturated rings. The molecule has 0 spiro atoms. The Morgan fingerprint density at radius 2 is 1.93 bits per heavy atom. The van der Waals surface area contributed by atoms with Crippen molar-refractivity contribution in [1.82, 2.24) is 9.58 Å². The lowest BCUT2D eigenvalue weighted by atomic mass is 10.1. The standard InChI is InChI=1S/C22H22ClN5OS/c1-12(2)9-19-26-28-20(24)18(21(29)25-22(28)30-19)11-15-10-13(3)27(14(15)4)17-7-5-16(23)6-8-17/h5-8,10-12,24H,9H2,1-4H3. The van der Waals surface area contributed by atoms with Crippen LogP contribution in [0.3, 0.4) is 0 Å². The summed E-state index contributed by atoms with van der Waals surface area (Å²) in [4.78, 5) is 16.9. The van der Waals surface area contributed by atoms with Crippen LogP contribution in [0.5, 0.6) is 0 Å². The summed E-state index contributed by atoms with van der Waals surface area (Å²) in [5.41, 5.74) is 4.09. The number of carbonyl (C=O) groups is 1. The van der Waals surface area contributed by atoms with Gasteiger partial charge in [0.05, 0.1) is 5.57 Å². The Kier molecular flexibility index (Phi) is 5.42. The average molecular weight is 440 g/mol. The molecule has 2 aliphatic rings. The molecule has 1 aromatic heterocycles. The van der Waals surface area contributed by atoms with Crippen LogP contribution >= 0.6 is 23.4 Å². The highest BCUT2D eigenvalue weighted by molar-refractivity contribution is 8.26. The van der Waals surface area contributed by atoms with Gasteiger partial charge in [0.2, 0.25) is 5.17 Å². The molecular formula is C22H22ClN5OS. The highest BCUT2D eigenvalue weighted by Gasteiger charge is 2.35. The number of nitrogens with one attached hydrogen (secondary N) is 1. The molecule has 0 aliphatic carbocycles. The number of halogens is 1. The van der Waals surface area contributed by atoms with Crippen molar-refractivity contribution in [2.75, 3.05) is 0 Å². The molecule has 1 amide bonds. The minimum absolute atomic E-state index is 0.0625. The van der Waals surface area contributed by atoms with E-state index in [9.17, 15) is 4.79 Å². The molecule has 2 aromatic rings. The second kappa shape index (κ2) is 7.89. The zero-order chi connectivity index (χ0) is 21.6. The van der Waals surface area contributed by atoms with Gasteiger partial charge < -0.3 is 4.57 Å². The van der Waals surface area contributed by atoms with Crippen LogP contribution in [0.15, 0.2) is 46.0 Å². The van der Waals surface area contributed by atoms with Gasteiger partial charge in [0.25, 0.3) is 5.91 Å². The Hall–Kier alpha value is -2.64. The van der Waals surface area contributed by atoms with E-state index in [-0.39, 0.29) is 11.4 Å². The van der Waals surface area contributed by atoms with E-state index in [2.05, 4.69) is 28.5 Å². The summed E-state index contributed by atoms with van der Waals surface area (Å²) in [5.74, 6) is 0.0972. The molecule has 6 nitrogen and oxygen atoms in total. The summed E-state index contributed by atoms with van der Waals surface area (Å²) >= 11 is 7.39. The number of thioether (sulfide) groups is 1. The molecule has 1 N–H and O–H groups in total. The monoisotopic (exact) mass is 439 g/mol. The number of aromatic nitrogens is 1. The first-order chi connectivity index (χ1) is 14.2. The number of hydrogen-bond acceptors (Lipinski definition) is 4. The van der Waals surface area contributed by atoms with Crippen LogP contribution in [0.4, 0.5) is 0 Å². The summed E-state index contributed by atoms with van der Waals surface area (Å²) in [6.07, 6.45) is 2.53. The predicted molar refractivity (Wildman–Crippen MR) is 125 cm³/mol. The van der Waals surface area contributed by atoms with E-state index in [1.165, 1.54) is 16.8 Å². The maximum Gasteiger partial charge on any atom is 0.283 e. The molecule has 8 heteroatoms. The Balaban J connectivity index is 1.70. The molecule has 0 radical (unpaired) electrons. The van der Waals surface area contributed by atoms with E-state index in [4.69, 9.17) is 17.0 Å². The van der Waals surface area contributed by atoms with E-state index < -0.39 is 5.91 Å². The Labute approximate surface area is 184 Å². The molecule has 30 heavy (non-hydrogen) atoms. The first-order valence-corrected chi connectivity index (χ1v) is 10.9. The van der Waals surface area contributed by atoms with Gasteiger partial charge in [0.1, 0.15) is 5.04 Å². The van der Waals surface area contributed by atoms with E-state index in [1.807, 2.05) is 44.2 Å². The molecule has 0 bridgehead atoms. The zero-order valence-corrected chi connectivity index (χ0v) is 18.8. The normalized spacial score (nSPS) is 17.7. The van der Waals surface area contributed by atoms with Gasteiger partial charge in [-0.1, -0.05) is 25.4 Å². The summed E-state index contributed by atoms with van der Waals surface area (Å²) in [6, 6.07) is 9.61. The van der Waals surface area contributed by atoms with E-state index in [0.717, 1.165) is 34.1 Å². The summed E-state index contributed by atoms with van der Waals surface area (Å²) < 4.78 is 2.10. The zero-order valence-electron chi connectivity index (χ0n) is 17.2. The van der Waals surface area contributed by atoms with E-state index in [0.29, 0.717) is 16.1 Å². The highest BCUT2D eigenvalue weighted by Crippen LogP contribution is 2.31. The fourth-order valence-electron chi connectivity index (χ4n) is 3.54. The Morgan fingerprint density at radius 1 is 1.23 bits per heavy atom. The Morgan fingerprint density at radius 3 is 2.60 bits per heavy atom. The SMILES string of the molecule is Cc1cc(C=C2C(=N)N3N=C(CC(C)C)SC3=NC2=O)c(C)n1-c1ccc(Cl)cc1. The number of aliphatic imine (C=N–C) groups is 1. The molecular weight excluding hydrogens is 418 g/mol. The van der Waals surface area contributed by atoms with Gasteiger partial charge in [-0.15, -0.1) is 0 Å². The van der Waals surface area contributed by atoms with Gasteiger partial charge in [-0.05, 0) is 73.5 Å². The smallest absolute Gasteiger partial charge is 0.283 e. The molecule has 1 aromatic carbocycles. The first kappa shape index (κ1) is 20.6. The minimum Gasteiger partial charge on any atom is -0.318 e. The first-order valence-electron chi connectivity index (χ1n) is 9.68. The van der Waals surface area contributed by atoms with Gasteiger partial charge in [0, 0.05) is 28.5 Å². The Bertz CT molecular complexity index is 1140. The van der Waals surface area contributed by atoms with Crippen molar-refractivity contribution >= 4 is 51.4 Å². The minimum atomic E-state index is -0.406. The molecule has 3 heterocycles. The van der Waals surface area contributed by atoms with E-state index >= 15 is 0 Å². The van der Waals surface area contributed by atoms with Crippen LogP contribution in [0.25, 0.3) is 11.8 Å². The third kappa shape index (κ3) is 3.75. The van der Waals surface area contributed by atoms with Crippen LogP contribution in [0.1, 0.15) is 37.2 Å². The largest absolute Gasteiger partial charge is 0.318 e. The van der Waals surface area contributed by atoms with Crippen molar-refractivity contribution in [3.8, 4) is 5.69 Å². The van der Waals surface area contributed by atoms with Gasteiger partial charge in [-0.2, -0.15) is 15.1 Å². The summed E-state index contributed by atoms with van der Waals surface area (Å²) in [6.45, 7) is 8.22. The third-order valence-electron chi connectivity index (χ3n) is 4.93. The molecule has 2 aliphatic heterocycles. The predicted octanol–water partition coefficient (Wildman–Crippen LogP) is 5.41. The summed E-state index contributed by atoms with van der Waals surface area (Å²) in [5, 5.41) is 16.6. The van der Waals surface area contributed by atoms with Crippen LogP contribution < -0.4 is 0 Å². The molecule has 0 unspecified atom stereocenters. The summed E-state index contributed by atoms with van der Waals surface area (Å²) in [7, 11) is 0. The van der Waals surface area contributed by atoms with Gasteiger partial charge >= 0.3 is 0 Å². The van der Waals surface area contributed by atoms with E-state index in [1.54, 1.807) is 6.08 Å². The number of rotatable bonds is 4. The van der Waals surface area contributed by atoms with Crippen LogP contribution in [-0.4, -0.2) is 31.5 Å². The lowest BCUT2D eigenvalue weighted by Gasteiger charge is -2.20. The fourth-order valence-corrected chi connectivity index (χ4v) is 4.76. The number of hydrogen-bond donors (Lipinski definition) is 1. The van der Waals surface area contributed by atoms with Gasteiger partial charge in [-0.3, -0.25) is 10.2 Å². The van der Waals surface area contributed by atoms with Crippen molar-refractivity contribution in [3.63, 3.8) is 0 Å².